The first-order valence-electron chi connectivity index (χ1n) is 9.66. The zero-order valence-electron chi connectivity index (χ0n) is 18.5. The van der Waals surface area contributed by atoms with Crippen molar-refractivity contribution in [1.29, 1.82) is 0 Å². The summed E-state index contributed by atoms with van der Waals surface area (Å²) >= 11 is 5.38. The molecule has 0 aromatic rings. The maximum atomic E-state index is 10.7. The second kappa shape index (κ2) is 18.0. The maximum absolute atomic E-state index is 10.7. The van der Waals surface area contributed by atoms with E-state index in [2.05, 4.69) is 0 Å². The molecule has 0 radical (unpaired) electrons. The van der Waals surface area contributed by atoms with Crippen LogP contribution >= 0.6 is 11.6 Å². The van der Waals surface area contributed by atoms with E-state index in [0.717, 1.165) is 0 Å². The summed E-state index contributed by atoms with van der Waals surface area (Å²) in [5, 5.41) is 59.2. The van der Waals surface area contributed by atoms with Gasteiger partial charge in [0, 0.05) is 6.61 Å². The van der Waals surface area contributed by atoms with Gasteiger partial charge in [0.2, 0.25) is 0 Å². The van der Waals surface area contributed by atoms with Crippen molar-refractivity contribution >= 4 is 23.5 Å². The van der Waals surface area contributed by atoms with E-state index in [9.17, 15) is 35.1 Å². The molecule has 32 heavy (non-hydrogen) atoms. The molecule has 1 aliphatic rings. The minimum Gasteiger partial charge on any atom is -0.548 e. The molecule has 5 atom stereocenters. The average molecular weight is 670 g/mol. The number of nitrogens with two attached hydrogens (primary N) is 2. The summed E-state index contributed by atoms with van der Waals surface area (Å²) in [4.78, 5) is 18.7. The van der Waals surface area contributed by atoms with Crippen molar-refractivity contribution in [3.8, 4) is 0 Å². The fourth-order valence-electron chi connectivity index (χ4n) is 2.01. The molecular weight excluding hydrogens is 635 g/mol. The quantitative estimate of drug-likeness (QED) is 0.0820. The monoisotopic (exact) mass is 669 g/mol. The first-order chi connectivity index (χ1) is 14.1. The number of halogens is 1. The predicted molar refractivity (Wildman–Crippen MR) is 106 cm³/mol. The number of carbonyl (C=O) groups excluding carboxylic acids is 2. The minimum absolute atomic E-state index is 0. The molecule has 1 fully saturated rings. The van der Waals surface area contributed by atoms with E-state index in [-0.39, 0.29) is 34.1 Å². The average Bonchev–Trinajstić information content (AvgIpc) is 2.63. The minimum atomic E-state index is -2.71. The van der Waals surface area contributed by atoms with Crippen molar-refractivity contribution in [3.63, 3.8) is 0 Å². The molecule has 14 heteroatoms. The van der Waals surface area contributed by atoms with E-state index in [1.807, 2.05) is 27.7 Å². The summed E-state index contributed by atoms with van der Waals surface area (Å²) in [6.07, 6.45) is -8.07. The van der Waals surface area contributed by atoms with Crippen LogP contribution < -0.4 is 21.7 Å². The van der Waals surface area contributed by atoms with Crippen LogP contribution in [0.15, 0.2) is 0 Å². The Morgan fingerprint density at radius 1 is 1.03 bits per heavy atom. The molecule has 0 bridgehead atoms. The SMILES string of the molecule is CC(C)N.CC(C)N.O=C([O-])C(Cl)(CCCOC1O[C@H](CO)[C@@H](O)[C@H](O)[C@@H]1O)C(=O)[O-].[Pt+2]. The number of ether oxygens (including phenoxy) is 2. The fraction of sp³-hybridized carbons (Fsp3) is 0.889. The summed E-state index contributed by atoms with van der Waals surface area (Å²) in [6.45, 7) is 6.86. The van der Waals surface area contributed by atoms with Crippen LogP contribution in [0, 0.1) is 0 Å². The van der Waals surface area contributed by atoms with E-state index in [0.29, 0.717) is 12.1 Å². The van der Waals surface area contributed by atoms with Gasteiger partial charge in [0.25, 0.3) is 0 Å². The van der Waals surface area contributed by atoms with E-state index in [1.165, 1.54) is 0 Å². The van der Waals surface area contributed by atoms with Crippen LogP contribution in [0.2, 0.25) is 0 Å². The fourth-order valence-corrected chi connectivity index (χ4v) is 2.14. The van der Waals surface area contributed by atoms with Gasteiger partial charge in [-0.3, -0.25) is 0 Å². The van der Waals surface area contributed by atoms with Crippen LogP contribution in [-0.4, -0.2) is 93.2 Å². The molecule has 0 spiro atoms. The number of carboxylic acids is 2. The Hall–Kier alpha value is -0.402. The number of rotatable bonds is 8. The summed E-state index contributed by atoms with van der Waals surface area (Å²) in [7, 11) is 0. The van der Waals surface area contributed by atoms with E-state index in [1.54, 1.807) is 0 Å². The van der Waals surface area contributed by atoms with Gasteiger partial charge in [-0.2, -0.15) is 0 Å². The van der Waals surface area contributed by atoms with Gasteiger partial charge in [-0.05, 0) is 24.9 Å². The topological polar surface area (TPSA) is 232 Å². The second-order valence-electron chi connectivity index (χ2n) is 7.54. The third-order valence-corrected chi connectivity index (χ3v) is 3.94. The first-order valence-corrected chi connectivity index (χ1v) is 10.0. The number of hydrogen-bond acceptors (Lipinski definition) is 12. The summed E-state index contributed by atoms with van der Waals surface area (Å²) in [6, 6.07) is 0.667. The Morgan fingerprint density at radius 3 is 1.78 bits per heavy atom. The number of aliphatic carboxylic acids is 2. The molecule has 12 nitrogen and oxygen atoms in total. The molecule has 0 aromatic carbocycles. The zero-order chi connectivity index (χ0) is 24.9. The van der Waals surface area contributed by atoms with Crippen LogP contribution in [0.3, 0.4) is 0 Å². The van der Waals surface area contributed by atoms with Crippen LogP contribution in [0.5, 0.6) is 0 Å². The first kappa shape index (κ1) is 36.2. The Bertz CT molecular complexity index is 502. The van der Waals surface area contributed by atoms with Crippen LogP contribution in [-0.2, 0) is 40.1 Å². The number of hydrogen-bond donors (Lipinski definition) is 6. The number of carbonyl (C=O) groups is 2. The summed E-state index contributed by atoms with van der Waals surface area (Å²) in [5.41, 5.74) is 10.2. The van der Waals surface area contributed by atoms with Gasteiger partial charge < -0.3 is 61.2 Å². The van der Waals surface area contributed by atoms with Gasteiger partial charge >= 0.3 is 21.1 Å². The van der Waals surface area contributed by atoms with Crippen molar-refractivity contribution in [2.24, 2.45) is 11.5 Å². The van der Waals surface area contributed by atoms with Crippen molar-refractivity contribution in [2.75, 3.05) is 13.2 Å². The van der Waals surface area contributed by atoms with E-state index < -0.39 is 60.5 Å². The number of carboxylic acid groups (broad SMARTS) is 2. The standard InChI is InChI=1S/C12H19ClO10.2C3H9N.Pt/c13-12(10(18)19,11(20)21)2-1-3-22-9-8(17)7(16)6(15)5(4-14)23-9;2*1-3(2)4;/h5-9,14-17H,1-4H2,(H,18,19)(H,20,21);2*3H,4H2,1-2H3;/q;;;+2/p-2/t5-,6-,7+,8+,9?;;;/m1.../s1. The van der Waals surface area contributed by atoms with Crippen molar-refractivity contribution < 1.29 is 70.8 Å². The van der Waals surface area contributed by atoms with Crippen molar-refractivity contribution in [1.82, 2.24) is 0 Å². The van der Waals surface area contributed by atoms with Gasteiger partial charge in [0.1, 0.15) is 29.3 Å². The smallest absolute Gasteiger partial charge is 0.548 e. The van der Waals surface area contributed by atoms with Crippen molar-refractivity contribution in [3.05, 3.63) is 0 Å². The number of alkyl halides is 1. The van der Waals surface area contributed by atoms with Crippen LogP contribution in [0.1, 0.15) is 40.5 Å². The van der Waals surface area contributed by atoms with Crippen molar-refractivity contribution in [2.45, 2.75) is 88.2 Å². The summed E-state index contributed by atoms with van der Waals surface area (Å²) in [5.74, 6) is -4.04. The number of aliphatic hydroxyl groups is 4. The van der Waals surface area contributed by atoms with Gasteiger partial charge in [-0.15, -0.1) is 11.6 Å². The Kier molecular flexibility index (Phi) is 20.3. The van der Waals surface area contributed by atoms with Gasteiger partial charge in [-0.25, -0.2) is 0 Å². The molecule has 0 aromatic heterocycles. The Balaban J connectivity index is -0.000000803. The molecule has 1 heterocycles. The maximum Gasteiger partial charge on any atom is 2.00 e. The van der Waals surface area contributed by atoms with Crippen LogP contribution in [0.4, 0.5) is 0 Å². The molecule has 1 aliphatic heterocycles. The molecule has 1 unspecified atom stereocenters. The largest absolute Gasteiger partial charge is 2.00 e. The molecule has 194 valence electrons. The molecule has 0 aliphatic carbocycles. The molecular formula is C18H35ClN2O10Pt. The normalized spacial score (nSPS) is 25.1. The van der Waals surface area contributed by atoms with Crippen LogP contribution in [0.25, 0.3) is 0 Å². The summed E-state index contributed by atoms with van der Waals surface area (Å²) < 4.78 is 10.1. The third kappa shape index (κ3) is 14.0. The molecule has 0 saturated carbocycles. The second-order valence-corrected chi connectivity index (χ2v) is 8.18. The zero-order valence-corrected chi connectivity index (χ0v) is 21.5. The van der Waals surface area contributed by atoms with E-state index >= 15 is 0 Å². The third-order valence-electron chi connectivity index (χ3n) is 3.44. The van der Waals surface area contributed by atoms with Gasteiger partial charge in [-0.1, -0.05) is 27.7 Å². The predicted octanol–water partition coefficient (Wildman–Crippen LogP) is -4.23. The Labute approximate surface area is 207 Å². The molecule has 8 N–H and O–H groups in total. The Morgan fingerprint density at radius 2 is 1.44 bits per heavy atom. The molecule has 1 rings (SSSR count). The van der Waals surface area contributed by atoms with Gasteiger partial charge in [0.15, 0.2) is 6.29 Å². The van der Waals surface area contributed by atoms with Gasteiger partial charge in [0.05, 0.1) is 18.5 Å². The van der Waals surface area contributed by atoms with E-state index in [4.69, 9.17) is 37.6 Å². The number of aliphatic hydroxyl groups excluding tert-OH is 4. The molecule has 1 saturated heterocycles. The molecule has 0 amide bonds.